The van der Waals surface area contributed by atoms with Crippen molar-refractivity contribution in [2.75, 3.05) is 26.2 Å². The summed E-state index contributed by atoms with van der Waals surface area (Å²) in [5.74, 6) is 1.82. The summed E-state index contributed by atoms with van der Waals surface area (Å²) >= 11 is 0. The molecular weight excluding hydrogens is 324 g/mol. The lowest BCUT2D eigenvalue weighted by atomic mass is 10.1. The zero-order valence-electron chi connectivity index (χ0n) is 16.5. The third-order valence-electron chi connectivity index (χ3n) is 5.14. The number of aryl methyl sites for hydroxylation is 1. The van der Waals surface area contributed by atoms with E-state index in [1.807, 2.05) is 12.1 Å². The van der Waals surface area contributed by atoms with Gasteiger partial charge in [0, 0.05) is 31.7 Å². The van der Waals surface area contributed by atoms with Crippen LogP contribution in [0.25, 0.3) is 0 Å². The van der Waals surface area contributed by atoms with Gasteiger partial charge in [-0.05, 0) is 58.6 Å². The molecule has 3 rings (SSSR count). The third-order valence-corrected chi connectivity index (χ3v) is 5.14. The lowest BCUT2D eigenvalue weighted by Gasteiger charge is -2.33. The maximum Gasteiger partial charge on any atom is 0.191 e. The molecule has 1 atom stereocenters. The first-order valence-corrected chi connectivity index (χ1v) is 10.2. The van der Waals surface area contributed by atoms with E-state index in [9.17, 15) is 0 Å². The van der Waals surface area contributed by atoms with Crippen molar-refractivity contribution in [3.05, 3.63) is 29.8 Å². The van der Waals surface area contributed by atoms with Crippen molar-refractivity contribution >= 4 is 5.96 Å². The number of ether oxygens (including phenoxy) is 1. The molecule has 1 aromatic rings. The second-order valence-electron chi connectivity index (χ2n) is 7.65. The van der Waals surface area contributed by atoms with Crippen LogP contribution in [0.3, 0.4) is 0 Å². The first-order valence-electron chi connectivity index (χ1n) is 10.2. The molecule has 0 aromatic heterocycles. The topological polar surface area (TPSA) is 48.9 Å². The van der Waals surface area contributed by atoms with Gasteiger partial charge in [0.25, 0.3) is 0 Å². The summed E-state index contributed by atoms with van der Waals surface area (Å²) in [5, 5.41) is 6.99. The highest BCUT2D eigenvalue weighted by molar-refractivity contribution is 5.80. The minimum Gasteiger partial charge on any atom is -0.489 e. The Labute approximate surface area is 158 Å². The number of nitrogens with one attached hydrogen (secondary N) is 2. The van der Waals surface area contributed by atoms with Gasteiger partial charge in [0.05, 0.1) is 6.54 Å². The monoisotopic (exact) mass is 358 g/mol. The van der Waals surface area contributed by atoms with Crippen LogP contribution in [0.2, 0.25) is 0 Å². The number of piperidine rings is 1. The van der Waals surface area contributed by atoms with E-state index in [-0.39, 0.29) is 6.10 Å². The zero-order valence-corrected chi connectivity index (χ0v) is 16.5. The molecule has 1 unspecified atom stereocenters. The minimum atomic E-state index is 0.0462. The van der Waals surface area contributed by atoms with Crippen molar-refractivity contribution in [1.82, 2.24) is 15.5 Å². The second kappa shape index (κ2) is 9.26. The molecular formula is C21H34N4O. The van der Waals surface area contributed by atoms with E-state index in [2.05, 4.69) is 48.4 Å². The summed E-state index contributed by atoms with van der Waals surface area (Å²) in [6.07, 6.45) is 5.26. The van der Waals surface area contributed by atoms with Crippen LogP contribution in [0, 0.1) is 6.92 Å². The van der Waals surface area contributed by atoms with Crippen LogP contribution in [0.4, 0.5) is 0 Å². The third kappa shape index (κ3) is 5.90. The van der Waals surface area contributed by atoms with Gasteiger partial charge in [-0.15, -0.1) is 0 Å². The Hall–Kier alpha value is -1.75. The maximum atomic E-state index is 5.97. The molecule has 0 radical (unpaired) electrons. The molecule has 0 bridgehead atoms. The molecule has 2 aliphatic rings. The Bertz CT molecular complexity index is 574. The van der Waals surface area contributed by atoms with Gasteiger partial charge in [0.2, 0.25) is 0 Å². The van der Waals surface area contributed by atoms with E-state index in [1.54, 1.807) is 0 Å². The SMILES string of the molecule is CCNC(=NCC(C)Oc1ccc(C)cc1)NC1CCN(C2CC2)CC1. The van der Waals surface area contributed by atoms with Crippen LogP contribution in [0.15, 0.2) is 29.3 Å². The van der Waals surface area contributed by atoms with E-state index in [0.29, 0.717) is 12.6 Å². The standard InChI is InChI=1S/C21H34N4O/c1-4-22-21(24-18-11-13-25(14-12-18)19-7-8-19)23-15-17(3)26-20-9-5-16(2)6-10-20/h5-6,9-10,17-19H,4,7-8,11-15H2,1-3H3,(H2,22,23,24). The fourth-order valence-electron chi connectivity index (χ4n) is 3.47. The molecule has 5 heteroatoms. The number of nitrogens with zero attached hydrogens (tertiary/aromatic N) is 2. The molecule has 2 fully saturated rings. The summed E-state index contributed by atoms with van der Waals surface area (Å²) in [6.45, 7) is 10.2. The van der Waals surface area contributed by atoms with E-state index in [1.165, 1.54) is 44.3 Å². The Morgan fingerprint density at radius 1 is 1.19 bits per heavy atom. The molecule has 2 N–H and O–H groups in total. The number of hydrogen-bond acceptors (Lipinski definition) is 3. The van der Waals surface area contributed by atoms with Crippen molar-refractivity contribution in [3.63, 3.8) is 0 Å². The average molecular weight is 359 g/mol. The quantitative estimate of drug-likeness (QED) is 0.581. The van der Waals surface area contributed by atoms with Crippen LogP contribution in [0.1, 0.15) is 45.1 Å². The molecule has 1 saturated heterocycles. The first kappa shape index (κ1) is 19.0. The van der Waals surface area contributed by atoms with Crippen LogP contribution in [-0.2, 0) is 0 Å². The highest BCUT2D eigenvalue weighted by Crippen LogP contribution is 2.29. The number of hydrogen-bond donors (Lipinski definition) is 2. The van der Waals surface area contributed by atoms with Crippen LogP contribution in [-0.4, -0.2) is 55.2 Å². The summed E-state index contributed by atoms with van der Waals surface area (Å²) in [5.41, 5.74) is 1.24. The summed E-state index contributed by atoms with van der Waals surface area (Å²) in [4.78, 5) is 7.40. The van der Waals surface area contributed by atoms with Gasteiger partial charge in [-0.1, -0.05) is 17.7 Å². The Morgan fingerprint density at radius 3 is 2.50 bits per heavy atom. The van der Waals surface area contributed by atoms with Gasteiger partial charge >= 0.3 is 0 Å². The predicted octanol–water partition coefficient (Wildman–Crippen LogP) is 2.94. The lowest BCUT2D eigenvalue weighted by Crippen LogP contribution is -2.49. The van der Waals surface area contributed by atoms with Crippen molar-refractivity contribution < 1.29 is 4.74 Å². The Kier molecular flexibility index (Phi) is 6.78. The molecule has 1 aliphatic carbocycles. The first-order chi connectivity index (χ1) is 12.6. The number of aliphatic imine (C=N–C) groups is 1. The van der Waals surface area contributed by atoms with Gasteiger partial charge in [-0.25, -0.2) is 4.99 Å². The van der Waals surface area contributed by atoms with Crippen molar-refractivity contribution in [1.29, 1.82) is 0 Å². The van der Waals surface area contributed by atoms with E-state index in [4.69, 9.17) is 9.73 Å². The van der Waals surface area contributed by atoms with E-state index >= 15 is 0 Å². The number of benzene rings is 1. The lowest BCUT2D eigenvalue weighted by molar-refractivity contribution is 0.197. The van der Waals surface area contributed by atoms with Crippen molar-refractivity contribution in [2.24, 2.45) is 4.99 Å². The van der Waals surface area contributed by atoms with Crippen LogP contribution in [0.5, 0.6) is 5.75 Å². The van der Waals surface area contributed by atoms with Crippen LogP contribution < -0.4 is 15.4 Å². The largest absolute Gasteiger partial charge is 0.489 e. The van der Waals surface area contributed by atoms with Crippen molar-refractivity contribution in [2.45, 2.75) is 64.6 Å². The molecule has 1 aromatic carbocycles. The smallest absolute Gasteiger partial charge is 0.191 e. The Balaban J connectivity index is 1.45. The van der Waals surface area contributed by atoms with Crippen LogP contribution >= 0.6 is 0 Å². The minimum absolute atomic E-state index is 0.0462. The molecule has 0 amide bonds. The fourth-order valence-corrected chi connectivity index (χ4v) is 3.47. The van der Waals surface area contributed by atoms with Gasteiger partial charge in [-0.2, -0.15) is 0 Å². The molecule has 1 heterocycles. The molecule has 5 nitrogen and oxygen atoms in total. The fraction of sp³-hybridized carbons (Fsp3) is 0.667. The molecule has 144 valence electrons. The predicted molar refractivity (Wildman–Crippen MR) is 108 cm³/mol. The summed E-state index contributed by atoms with van der Waals surface area (Å²) in [6, 6.07) is 9.60. The second-order valence-corrected chi connectivity index (χ2v) is 7.65. The molecule has 1 saturated carbocycles. The summed E-state index contributed by atoms with van der Waals surface area (Å²) < 4.78 is 5.97. The number of likely N-dealkylation sites (tertiary alicyclic amines) is 1. The van der Waals surface area contributed by atoms with Gasteiger partial charge in [-0.3, -0.25) is 0 Å². The van der Waals surface area contributed by atoms with Gasteiger partial charge in [0.1, 0.15) is 11.9 Å². The Morgan fingerprint density at radius 2 is 1.88 bits per heavy atom. The van der Waals surface area contributed by atoms with Crippen molar-refractivity contribution in [3.8, 4) is 5.75 Å². The average Bonchev–Trinajstić information content (AvgIpc) is 3.48. The highest BCUT2D eigenvalue weighted by Gasteiger charge is 2.31. The van der Waals surface area contributed by atoms with E-state index < -0.39 is 0 Å². The maximum absolute atomic E-state index is 5.97. The zero-order chi connectivity index (χ0) is 18.4. The normalized spacial score (nSPS) is 20.7. The number of rotatable bonds is 7. The molecule has 1 aliphatic heterocycles. The van der Waals surface area contributed by atoms with Gasteiger partial charge < -0.3 is 20.3 Å². The molecule has 26 heavy (non-hydrogen) atoms. The summed E-state index contributed by atoms with van der Waals surface area (Å²) in [7, 11) is 0. The van der Waals surface area contributed by atoms with Gasteiger partial charge in [0.15, 0.2) is 5.96 Å². The number of guanidine groups is 1. The molecule has 0 spiro atoms. The highest BCUT2D eigenvalue weighted by atomic mass is 16.5. The van der Waals surface area contributed by atoms with E-state index in [0.717, 1.165) is 24.3 Å².